The van der Waals surface area contributed by atoms with E-state index < -0.39 is 17.3 Å². The lowest BCUT2D eigenvalue weighted by molar-refractivity contribution is 0.0725. The summed E-state index contributed by atoms with van der Waals surface area (Å²) in [6.45, 7) is 1.75. The van der Waals surface area contributed by atoms with E-state index in [0.717, 1.165) is 6.07 Å². The Morgan fingerprint density at radius 1 is 1.61 bits per heavy atom. The van der Waals surface area contributed by atoms with Crippen LogP contribution in [0.1, 0.15) is 17.3 Å². The third-order valence-corrected chi connectivity index (χ3v) is 3.48. The van der Waals surface area contributed by atoms with Crippen LogP contribution in [0.5, 0.6) is 0 Å². The van der Waals surface area contributed by atoms with Gasteiger partial charge >= 0.3 is 0 Å². The van der Waals surface area contributed by atoms with Gasteiger partial charge < -0.3 is 10.4 Å². The van der Waals surface area contributed by atoms with E-state index in [0.29, 0.717) is 5.75 Å². The van der Waals surface area contributed by atoms with Crippen LogP contribution in [0.25, 0.3) is 0 Å². The quantitative estimate of drug-likeness (QED) is 0.875. The number of halogens is 2. The number of carbonyl (C=O) groups is 1. The van der Waals surface area contributed by atoms with Crippen molar-refractivity contribution < 1.29 is 14.3 Å². The smallest absolute Gasteiger partial charge is 0.252 e. The Balaban J connectivity index is 2.66. The van der Waals surface area contributed by atoms with E-state index >= 15 is 0 Å². The number of hydrogen-bond acceptors (Lipinski definition) is 3. The number of carbonyl (C=O) groups excluding carboxylic acids is 1. The van der Waals surface area contributed by atoms with Crippen molar-refractivity contribution in [2.45, 2.75) is 12.5 Å². The highest BCUT2D eigenvalue weighted by Gasteiger charge is 2.21. The molecule has 0 saturated heterocycles. The summed E-state index contributed by atoms with van der Waals surface area (Å²) in [4.78, 5) is 11.8. The van der Waals surface area contributed by atoms with Gasteiger partial charge in [0.1, 0.15) is 5.82 Å². The number of thioether (sulfide) groups is 1. The number of hydrogen-bond donors (Lipinski definition) is 2. The molecule has 0 aliphatic carbocycles. The van der Waals surface area contributed by atoms with Crippen molar-refractivity contribution in [2.24, 2.45) is 0 Å². The minimum Gasteiger partial charge on any atom is -0.387 e. The predicted octanol–water partition coefficient (Wildman–Crippen LogP) is 2.32. The van der Waals surface area contributed by atoms with Crippen LogP contribution in [0.2, 0.25) is 5.02 Å². The third-order valence-electron chi connectivity index (χ3n) is 2.26. The molecule has 0 spiro atoms. The number of amides is 1. The first-order chi connectivity index (χ1) is 8.35. The summed E-state index contributed by atoms with van der Waals surface area (Å²) in [5.74, 6) is -0.419. The van der Waals surface area contributed by atoms with Gasteiger partial charge in [0.2, 0.25) is 0 Å². The first-order valence-electron chi connectivity index (χ1n) is 5.30. The molecule has 18 heavy (non-hydrogen) atoms. The zero-order chi connectivity index (χ0) is 13.8. The zero-order valence-corrected chi connectivity index (χ0v) is 11.7. The molecule has 0 fully saturated rings. The summed E-state index contributed by atoms with van der Waals surface area (Å²) in [6.07, 6.45) is 1.87. The fourth-order valence-corrected chi connectivity index (χ4v) is 2.38. The molecule has 0 radical (unpaired) electrons. The zero-order valence-electron chi connectivity index (χ0n) is 10.2. The first kappa shape index (κ1) is 15.3. The van der Waals surface area contributed by atoms with Crippen LogP contribution in [0.15, 0.2) is 18.2 Å². The second-order valence-electron chi connectivity index (χ2n) is 4.24. The SMILES string of the molecule is CSC[C@@](C)(O)CNC(=O)c1ccc(F)cc1Cl. The van der Waals surface area contributed by atoms with Gasteiger partial charge in [0.05, 0.1) is 16.2 Å². The van der Waals surface area contributed by atoms with Gasteiger partial charge in [-0.25, -0.2) is 4.39 Å². The summed E-state index contributed by atoms with van der Waals surface area (Å²) < 4.78 is 12.8. The molecule has 1 aromatic rings. The Morgan fingerprint density at radius 3 is 2.83 bits per heavy atom. The highest BCUT2D eigenvalue weighted by molar-refractivity contribution is 7.98. The van der Waals surface area contributed by atoms with Gasteiger partial charge in [-0.15, -0.1) is 0 Å². The van der Waals surface area contributed by atoms with Crippen molar-refractivity contribution in [1.82, 2.24) is 5.32 Å². The molecule has 100 valence electrons. The lowest BCUT2D eigenvalue weighted by atomic mass is 10.1. The Bertz CT molecular complexity index is 440. The minimum atomic E-state index is -0.985. The second-order valence-corrected chi connectivity index (χ2v) is 5.51. The molecule has 1 amide bonds. The Kier molecular flexibility index (Phi) is 5.44. The lowest BCUT2D eigenvalue weighted by Crippen LogP contribution is -2.42. The van der Waals surface area contributed by atoms with E-state index in [1.807, 2.05) is 6.26 Å². The fraction of sp³-hybridized carbons (Fsp3) is 0.417. The topological polar surface area (TPSA) is 49.3 Å². The minimum absolute atomic E-state index is 0.0528. The van der Waals surface area contributed by atoms with Crippen LogP contribution >= 0.6 is 23.4 Å². The summed E-state index contributed by atoms with van der Waals surface area (Å²) in [6, 6.07) is 3.56. The summed E-state index contributed by atoms with van der Waals surface area (Å²) in [5.41, 5.74) is -0.792. The molecule has 0 unspecified atom stereocenters. The van der Waals surface area contributed by atoms with Crippen molar-refractivity contribution in [3.63, 3.8) is 0 Å². The molecule has 0 aliphatic rings. The van der Waals surface area contributed by atoms with Crippen LogP contribution < -0.4 is 5.32 Å². The predicted molar refractivity (Wildman–Crippen MR) is 72.7 cm³/mol. The highest BCUT2D eigenvalue weighted by atomic mass is 35.5. The molecule has 0 heterocycles. The first-order valence-corrected chi connectivity index (χ1v) is 7.07. The van der Waals surface area contributed by atoms with Gasteiger partial charge in [-0.1, -0.05) is 11.6 Å². The van der Waals surface area contributed by atoms with Gasteiger partial charge in [-0.3, -0.25) is 4.79 Å². The van der Waals surface area contributed by atoms with E-state index in [1.54, 1.807) is 6.92 Å². The lowest BCUT2D eigenvalue weighted by Gasteiger charge is -2.22. The Labute approximate surface area is 115 Å². The second kappa shape index (κ2) is 6.41. The molecule has 6 heteroatoms. The van der Waals surface area contributed by atoms with Crippen LogP contribution in [0.4, 0.5) is 4.39 Å². The van der Waals surface area contributed by atoms with Crippen LogP contribution in [-0.2, 0) is 0 Å². The number of nitrogens with one attached hydrogen (secondary N) is 1. The molecular formula is C12H15ClFNO2S. The van der Waals surface area contributed by atoms with Crippen molar-refractivity contribution in [1.29, 1.82) is 0 Å². The van der Waals surface area contributed by atoms with E-state index in [-0.39, 0.29) is 17.1 Å². The molecule has 0 saturated carbocycles. The molecule has 1 aromatic carbocycles. The van der Waals surface area contributed by atoms with E-state index in [9.17, 15) is 14.3 Å². The number of aliphatic hydroxyl groups is 1. The largest absolute Gasteiger partial charge is 0.387 e. The maximum absolute atomic E-state index is 12.8. The summed E-state index contributed by atoms with van der Waals surface area (Å²) in [7, 11) is 0. The van der Waals surface area contributed by atoms with Crippen LogP contribution in [0.3, 0.4) is 0 Å². The molecule has 1 rings (SSSR count). The monoisotopic (exact) mass is 291 g/mol. The van der Waals surface area contributed by atoms with Gasteiger partial charge in [0.25, 0.3) is 5.91 Å². The van der Waals surface area contributed by atoms with Crippen molar-refractivity contribution in [2.75, 3.05) is 18.6 Å². The normalized spacial score (nSPS) is 14.1. The van der Waals surface area contributed by atoms with Crippen LogP contribution in [-0.4, -0.2) is 35.2 Å². The Hall–Kier alpha value is -0.780. The van der Waals surface area contributed by atoms with Crippen molar-refractivity contribution in [3.8, 4) is 0 Å². The average molecular weight is 292 g/mol. The summed E-state index contributed by atoms with van der Waals surface area (Å²) in [5, 5.41) is 12.5. The van der Waals surface area contributed by atoms with Gasteiger partial charge in [0, 0.05) is 12.3 Å². The van der Waals surface area contributed by atoms with Gasteiger partial charge in [-0.2, -0.15) is 11.8 Å². The molecular weight excluding hydrogens is 277 g/mol. The third kappa shape index (κ3) is 4.48. The molecule has 0 aromatic heterocycles. The highest BCUT2D eigenvalue weighted by Crippen LogP contribution is 2.17. The Morgan fingerprint density at radius 2 is 2.28 bits per heavy atom. The maximum atomic E-state index is 12.8. The maximum Gasteiger partial charge on any atom is 0.252 e. The molecule has 1 atom stereocenters. The fourth-order valence-electron chi connectivity index (χ4n) is 1.40. The van der Waals surface area contributed by atoms with E-state index in [4.69, 9.17) is 11.6 Å². The van der Waals surface area contributed by atoms with Crippen molar-refractivity contribution >= 4 is 29.3 Å². The van der Waals surface area contributed by atoms with Gasteiger partial charge in [-0.05, 0) is 31.4 Å². The van der Waals surface area contributed by atoms with E-state index in [1.165, 1.54) is 23.9 Å². The van der Waals surface area contributed by atoms with Crippen molar-refractivity contribution in [3.05, 3.63) is 34.6 Å². The molecule has 2 N–H and O–H groups in total. The molecule has 3 nitrogen and oxygen atoms in total. The summed E-state index contributed by atoms with van der Waals surface area (Å²) >= 11 is 7.25. The van der Waals surface area contributed by atoms with E-state index in [2.05, 4.69) is 5.32 Å². The van der Waals surface area contributed by atoms with Gasteiger partial charge in [0.15, 0.2) is 0 Å². The average Bonchev–Trinajstić information content (AvgIpc) is 2.26. The standard InChI is InChI=1S/C12H15ClFNO2S/c1-12(17,7-18-2)6-15-11(16)9-4-3-8(14)5-10(9)13/h3-5,17H,6-7H2,1-2H3,(H,15,16)/t12-/m0/s1. The molecule has 0 bridgehead atoms. The number of rotatable bonds is 5. The number of benzene rings is 1. The molecule has 0 aliphatic heterocycles. The van der Waals surface area contributed by atoms with Crippen LogP contribution in [0, 0.1) is 5.82 Å².